The third-order valence-electron chi connectivity index (χ3n) is 3.51. The highest BCUT2D eigenvalue weighted by Crippen LogP contribution is 2.20. The van der Waals surface area contributed by atoms with Crippen LogP contribution < -0.4 is 0 Å². The summed E-state index contributed by atoms with van der Waals surface area (Å²) in [6, 6.07) is 17.3. The molecule has 2 N–H and O–H groups in total. The number of benzene rings is 2. The number of rotatable bonds is 3. The standard InChI is InChI=1S/C15H14O.C7H7N.C2H6/c1-12(16)13-8-10-15(11-9-13)14-6-4-2-3-5-7-14;8-6-7-4-2-1-3-5-7;1-2/h2-4,6-11,16H,1,5H2;1-6,8H;1-2H3. The highest BCUT2D eigenvalue weighted by atomic mass is 16.3. The maximum atomic E-state index is 9.24. The first-order valence-electron chi connectivity index (χ1n) is 8.78. The van der Waals surface area contributed by atoms with E-state index in [0.29, 0.717) is 0 Å². The van der Waals surface area contributed by atoms with Crippen molar-refractivity contribution in [2.24, 2.45) is 0 Å². The van der Waals surface area contributed by atoms with Crippen molar-refractivity contribution in [2.45, 2.75) is 20.3 Å². The van der Waals surface area contributed by atoms with Gasteiger partial charge in [-0.3, -0.25) is 0 Å². The molecule has 134 valence electrons. The molecule has 0 heterocycles. The summed E-state index contributed by atoms with van der Waals surface area (Å²) in [5.74, 6) is 0.110. The lowest BCUT2D eigenvalue weighted by atomic mass is 10.0. The van der Waals surface area contributed by atoms with Crippen molar-refractivity contribution in [2.75, 3.05) is 0 Å². The van der Waals surface area contributed by atoms with Gasteiger partial charge in [0.2, 0.25) is 0 Å². The van der Waals surface area contributed by atoms with Crippen LogP contribution in [0.4, 0.5) is 0 Å². The van der Waals surface area contributed by atoms with Gasteiger partial charge in [-0.25, -0.2) is 0 Å². The molecular formula is C24H27NO. The Balaban J connectivity index is 0.000000284. The van der Waals surface area contributed by atoms with E-state index in [1.807, 2.05) is 80.6 Å². The highest BCUT2D eigenvalue weighted by molar-refractivity contribution is 5.76. The first-order valence-corrected chi connectivity index (χ1v) is 8.78. The van der Waals surface area contributed by atoms with Gasteiger partial charge in [-0.2, -0.15) is 0 Å². The quantitative estimate of drug-likeness (QED) is 0.465. The van der Waals surface area contributed by atoms with Crippen LogP contribution >= 0.6 is 0 Å². The molecular weight excluding hydrogens is 318 g/mol. The predicted molar refractivity (Wildman–Crippen MR) is 115 cm³/mol. The summed E-state index contributed by atoms with van der Waals surface area (Å²) in [6.07, 6.45) is 12.8. The summed E-state index contributed by atoms with van der Waals surface area (Å²) in [5.41, 5.74) is 4.08. The summed E-state index contributed by atoms with van der Waals surface area (Å²) < 4.78 is 0. The van der Waals surface area contributed by atoms with E-state index in [1.54, 1.807) is 0 Å². The minimum absolute atomic E-state index is 0.110. The second-order valence-corrected chi connectivity index (χ2v) is 5.26. The molecule has 0 amide bonds. The maximum Gasteiger partial charge on any atom is 0.115 e. The third-order valence-corrected chi connectivity index (χ3v) is 3.51. The molecule has 0 unspecified atom stereocenters. The fraction of sp³-hybridized carbons (Fsp3) is 0.125. The Bertz CT molecular complexity index is 766. The van der Waals surface area contributed by atoms with Gasteiger partial charge in [0.25, 0.3) is 0 Å². The van der Waals surface area contributed by atoms with Crippen LogP contribution in [0, 0.1) is 5.41 Å². The van der Waals surface area contributed by atoms with Gasteiger partial charge in [-0.15, -0.1) is 0 Å². The third kappa shape index (κ3) is 7.18. The molecule has 2 aromatic rings. The normalized spacial score (nSPS) is 11.7. The minimum atomic E-state index is 0.110. The van der Waals surface area contributed by atoms with E-state index >= 15 is 0 Å². The van der Waals surface area contributed by atoms with Crippen molar-refractivity contribution in [3.8, 4) is 0 Å². The Morgan fingerprint density at radius 2 is 1.65 bits per heavy atom. The summed E-state index contributed by atoms with van der Waals surface area (Å²) >= 11 is 0. The average Bonchev–Trinajstić information content (AvgIpc) is 3.00. The molecule has 2 nitrogen and oxygen atoms in total. The molecule has 26 heavy (non-hydrogen) atoms. The molecule has 3 rings (SSSR count). The van der Waals surface area contributed by atoms with Crippen LogP contribution in [0.3, 0.4) is 0 Å². The average molecular weight is 345 g/mol. The molecule has 0 atom stereocenters. The Kier molecular flexibility index (Phi) is 9.86. The smallest absolute Gasteiger partial charge is 0.115 e. The summed E-state index contributed by atoms with van der Waals surface area (Å²) in [4.78, 5) is 0. The number of nitrogens with one attached hydrogen (secondary N) is 1. The number of hydrogen-bond acceptors (Lipinski definition) is 2. The van der Waals surface area contributed by atoms with E-state index in [1.165, 1.54) is 11.8 Å². The van der Waals surface area contributed by atoms with Crippen molar-refractivity contribution in [1.29, 1.82) is 5.41 Å². The molecule has 0 aromatic heterocycles. The lowest BCUT2D eigenvalue weighted by Gasteiger charge is -2.04. The molecule has 0 bridgehead atoms. The van der Waals surface area contributed by atoms with Crippen LogP contribution in [-0.4, -0.2) is 11.3 Å². The van der Waals surface area contributed by atoms with Gasteiger partial charge in [-0.1, -0.05) is 105 Å². The largest absolute Gasteiger partial charge is 0.508 e. The zero-order valence-electron chi connectivity index (χ0n) is 15.5. The van der Waals surface area contributed by atoms with Crippen LogP contribution in [0.2, 0.25) is 0 Å². The highest BCUT2D eigenvalue weighted by Gasteiger charge is 2.00. The summed E-state index contributed by atoms with van der Waals surface area (Å²) in [6.45, 7) is 7.50. The molecule has 0 saturated heterocycles. The van der Waals surface area contributed by atoms with Gasteiger partial charge < -0.3 is 10.5 Å². The molecule has 0 spiro atoms. The number of hydrogen-bond donors (Lipinski definition) is 2. The molecule has 1 aliphatic carbocycles. The molecule has 2 heteroatoms. The summed E-state index contributed by atoms with van der Waals surface area (Å²) in [5, 5.41) is 16.1. The Labute approximate surface area is 157 Å². The molecule has 0 saturated carbocycles. The van der Waals surface area contributed by atoms with Gasteiger partial charge in [0.1, 0.15) is 5.76 Å². The Morgan fingerprint density at radius 1 is 1.00 bits per heavy atom. The number of allylic oxidation sites excluding steroid dienone is 6. The topological polar surface area (TPSA) is 44.1 Å². The van der Waals surface area contributed by atoms with Crippen molar-refractivity contribution in [3.05, 3.63) is 108 Å². The molecule has 0 radical (unpaired) electrons. The van der Waals surface area contributed by atoms with E-state index < -0.39 is 0 Å². The van der Waals surface area contributed by atoms with E-state index in [0.717, 1.165) is 23.1 Å². The lowest BCUT2D eigenvalue weighted by Crippen LogP contribution is -1.84. The van der Waals surface area contributed by atoms with Crippen LogP contribution in [-0.2, 0) is 0 Å². The maximum absolute atomic E-state index is 9.24. The van der Waals surface area contributed by atoms with Crippen molar-refractivity contribution in [1.82, 2.24) is 0 Å². The van der Waals surface area contributed by atoms with Gasteiger partial charge in [0.05, 0.1) is 0 Å². The Morgan fingerprint density at radius 3 is 2.19 bits per heavy atom. The molecule has 0 aliphatic heterocycles. The van der Waals surface area contributed by atoms with E-state index in [-0.39, 0.29) is 5.76 Å². The van der Waals surface area contributed by atoms with Crippen molar-refractivity contribution < 1.29 is 5.11 Å². The van der Waals surface area contributed by atoms with Gasteiger partial charge in [0, 0.05) is 11.8 Å². The van der Waals surface area contributed by atoms with Gasteiger partial charge in [-0.05, 0) is 23.1 Å². The molecule has 0 fully saturated rings. The van der Waals surface area contributed by atoms with Crippen LogP contribution in [0.25, 0.3) is 11.3 Å². The molecule has 2 aromatic carbocycles. The monoisotopic (exact) mass is 345 g/mol. The van der Waals surface area contributed by atoms with E-state index in [4.69, 9.17) is 5.41 Å². The van der Waals surface area contributed by atoms with Crippen LogP contribution in [0.15, 0.2) is 91.6 Å². The summed E-state index contributed by atoms with van der Waals surface area (Å²) in [7, 11) is 0. The second-order valence-electron chi connectivity index (χ2n) is 5.26. The fourth-order valence-electron chi connectivity index (χ4n) is 2.20. The minimum Gasteiger partial charge on any atom is -0.508 e. The Hall–Kier alpha value is -3.13. The predicted octanol–water partition coefficient (Wildman–Crippen LogP) is 6.83. The SMILES string of the molecule is C=C(O)c1ccc(C2=CCC=CC=C2)cc1.CC.N=Cc1ccccc1. The zero-order valence-corrected chi connectivity index (χ0v) is 15.5. The van der Waals surface area contributed by atoms with E-state index in [2.05, 4.69) is 24.8 Å². The zero-order chi connectivity index (χ0) is 19.2. The van der Waals surface area contributed by atoms with Crippen LogP contribution in [0.5, 0.6) is 0 Å². The first kappa shape index (κ1) is 20.9. The second kappa shape index (κ2) is 12.3. The van der Waals surface area contributed by atoms with Crippen molar-refractivity contribution >= 4 is 17.5 Å². The van der Waals surface area contributed by atoms with Gasteiger partial charge >= 0.3 is 0 Å². The van der Waals surface area contributed by atoms with Crippen LogP contribution in [0.1, 0.15) is 37.0 Å². The number of aliphatic hydroxyl groups is 1. The lowest BCUT2D eigenvalue weighted by molar-refractivity contribution is 0.514. The number of aliphatic hydroxyl groups excluding tert-OH is 1. The first-order chi connectivity index (χ1) is 12.7. The fourth-order valence-corrected chi connectivity index (χ4v) is 2.20. The van der Waals surface area contributed by atoms with E-state index in [9.17, 15) is 5.11 Å². The van der Waals surface area contributed by atoms with Crippen molar-refractivity contribution in [3.63, 3.8) is 0 Å². The van der Waals surface area contributed by atoms with Gasteiger partial charge in [0.15, 0.2) is 0 Å². The molecule has 1 aliphatic rings.